The molecule has 8 heteroatoms. The standard InChI is InChI=1S/C24H27N5O2S/c1-24(2,3)16-7-10-18-19(11-16)32-23-21(18)22-27-20(28-29(22)14-25-23)13-31-26-12-15-5-8-17(30-4)9-6-15/h5-6,8-9,12,14,16H,7,10-11,13H2,1-4H3/b26-12-/t16-/m1/s1. The number of thiophene rings is 1. The molecule has 0 radical (unpaired) electrons. The first-order valence-electron chi connectivity index (χ1n) is 10.9. The van der Waals surface area contributed by atoms with Crippen LogP contribution in [0.3, 0.4) is 0 Å². The van der Waals surface area contributed by atoms with Crippen molar-refractivity contribution in [1.29, 1.82) is 0 Å². The van der Waals surface area contributed by atoms with Gasteiger partial charge in [0.2, 0.25) is 0 Å². The van der Waals surface area contributed by atoms with Crippen LogP contribution in [0, 0.1) is 11.3 Å². The van der Waals surface area contributed by atoms with E-state index in [1.807, 2.05) is 35.6 Å². The summed E-state index contributed by atoms with van der Waals surface area (Å²) in [6.45, 7) is 7.23. The molecule has 0 spiro atoms. The predicted molar refractivity (Wildman–Crippen MR) is 127 cm³/mol. The second-order valence-electron chi connectivity index (χ2n) is 9.31. The number of methoxy groups -OCH3 is 1. The number of aromatic nitrogens is 4. The minimum atomic E-state index is 0.203. The van der Waals surface area contributed by atoms with Crippen molar-refractivity contribution in [3.8, 4) is 5.75 Å². The van der Waals surface area contributed by atoms with Crippen molar-refractivity contribution in [3.63, 3.8) is 0 Å². The van der Waals surface area contributed by atoms with Crippen molar-refractivity contribution in [2.24, 2.45) is 16.5 Å². The van der Waals surface area contributed by atoms with Crippen LogP contribution in [0.25, 0.3) is 15.9 Å². The summed E-state index contributed by atoms with van der Waals surface area (Å²) in [6.07, 6.45) is 6.81. The normalized spacial score (nSPS) is 16.7. The molecule has 0 saturated carbocycles. The molecule has 7 nitrogen and oxygen atoms in total. The Morgan fingerprint density at radius 3 is 2.81 bits per heavy atom. The summed E-state index contributed by atoms with van der Waals surface area (Å²) >= 11 is 1.81. The summed E-state index contributed by atoms with van der Waals surface area (Å²) < 4.78 is 6.92. The summed E-state index contributed by atoms with van der Waals surface area (Å²) in [6, 6.07) is 7.60. The van der Waals surface area contributed by atoms with Crippen LogP contribution in [0.15, 0.2) is 35.7 Å². The monoisotopic (exact) mass is 449 g/mol. The van der Waals surface area contributed by atoms with E-state index in [-0.39, 0.29) is 6.61 Å². The molecule has 3 aromatic heterocycles. The number of rotatable bonds is 5. The van der Waals surface area contributed by atoms with Gasteiger partial charge in [-0.3, -0.25) is 0 Å². The number of hydrogen-bond donors (Lipinski definition) is 0. The van der Waals surface area contributed by atoms with Gasteiger partial charge in [-0.25, -0.2) is 14.5 Å². The lowest BCUT2D eigenvalue weighted by Crippen LogP contribution is -2.26. The first-order valence-corrected chi connectivity index (χ1v) is 11.7. The Morgan fingerprint density at radius 1 is 1.25 bits per heavy atom. The maximum Gasteiger partial charge on any atom is 0.192 e. The highest BCUT2D eigenvalue weighted by molar-refractivity contribution is 7.19. The number of benzene rings is 1. The fourth-order valence-electron chi connectivity index (χ4n) is 4.30. The highest BCUT2D eigenvalue weighted by Crippen LogP contribution is 2.43. The lowest BCUT2D eigenvalue weighted by molar-refractivity contribution is 0.126. The first-order chi connectivity index (χ1) is 15.4. The van der Waals surface area contributed by atoms with Gasteiger partial charge >= 0.3 is 0 Å². The second kappa shape index (κ2) is 8.16. The molecule has 0 unspecified atom stereocenters. The lowest BCUT2D eigenvalue weighted by atomic mass is 9.72. The summed E-state index contributed by atoms with van der Waals surface area (Å²) in [5.41, 5.74) is 3.51. The summed E-state index contributed by atoms with van der Waals surface area (Å²) in [5.74, 6) is 2.10. The van der Waals surface area contributed by atoms with Gasteiger partial charge < -0.3 is 9.57 Å². The SMILES string of the molecule is COc1ccc(/C=N\OCc2nc3c4c5c(sc4ncn3n2)C[C@H](C(C)(C)C)CC5)cc1. The Morgan fingerprint density at radius 2 is 2.06 bits per heavy atom. The molecule has 166 valence electrons. The Balaban J connectivity index is 1.35. The topological polar surface area (TPSA) is 73.9 Å². The molecular formula is C24H27N5O2S. The zero-order valence-corrected chi connectivity index (χ0v) is 19.6. The largest absolute Gasteiger partial charge is 0.497 e. The summed E-state index contributed by atoms with van der Waals surface area (Å²) in [7, 11) is 1.64. The van der Waals surface area contributed by atoms with Crippen LogP contribution in [0.5, 0.6) is 5.75 Å². The molecule has 0 amide bonds. The van der Waals surface area contributed by atoms with Crippen molar-refractivity contribution in [3.05, 3.63) is 52.4 Å². The molecule has 5 rings (SSSR count). The van der Waals surface area contributed by atoms with E-state index in [9.17, 15) is 0 Å². The van der Waals surface area contributed by atoms with E-state index in [4.69, 9.17) is 14.6 Å². The van der Waals surface area contributed by atoms with Crippen molar-refractivity contribution in [2.45, 2.75) is 46.6 Å². The highest BCUT2D eigenvalue weighted by Gasteiger charge is 2.31. The Bertz CT molecular complexity index is 1280. The smallest absolute Gasteiger partial charge is 0.192 e. The molecule has 0 saturated heterocycles. The molecule has 1 aliphatic carbocycles. The zero-order chi connectivity index (χ0) is 22.3. The quantitative estimate of drug-likeness (QED) is 0.315. The summed E-state index contributed by atoms with van der Waals surface area (Å²) in [5, 5.41) is 9.75. The first kappa shape index (κ1) is 20.9. The number of nitrogens with zero attached hydrogens (tertiary/aromatic N) is 5. The number of ether oxygens (including phenoxy) is 1. The van der Waals surface area contributed by atoms with Gasteiger partial charge in [-0.2, -0.15) is 0 Å². The maximum atomic E-state index is 5.45. The number of fused-ring (bicyclic) bond motifs is 5. The molecule has 1 atom stereocenters. The average molecular weight is 450 g/mol. The van der Waals surface area contributed by atoms with Gasteiger partial charge in [-0.15, -0.1) is 16.4 Å². The lowest BCUT2D eigenvalue weighted by Gasteiger charge is -2.33. The van der Waals surface area contributed by atoms with Crippen LogP contribution in [-0.4, -0.2) is 32.9 Å². The van der Waals surface area contributed by atoms with Crippen molar-refractivity contribution in [1.82, 2.24) is 19.6 Å². The molecule has 0 N–H and O–H groups in total. The van der Waals surface area contributed by atoms with Crippen LogP contribution >= 0.6 is 11.3 Å². The van der Waals surface area contributed by atoms with Crippen molar-refractivity contribution in [2.75, 3.05) is 7.11 Å². The van der Waals surface area contributed by atoms with E-state index in [0.717, 1.165) is 40.0 Å². The second-order valence-corrected chi connectivity index (χ2v) is 10.4. The molecule has 0 aliphatic heterocycles. The van der Waals surface area contributed by atoms with Crippen LogP contribution in [0.4, 0.5) is 0 Å². The van der Waals surface area contributed by atoms with Crippen LogP contribution in [0.1, 0.15) is 49.0 Å². The van der Waals surface area contributed by atoms with Gasteiger partial charge in [0.25, 0.3) is 0 Å². The Hall–Kier alpha value is -3.00. The van der Waals surface area contributed by atoms with E-state index in [1.165, 1.54) is 16.9 Å². The van der Waals surface area contributed by atoms with Gasteiger partial charge in [0.15, 0.2) is 18.1 Å². The fraction of sp³-hybridized carbons (Fsp3) is 0.417. The minimum Gasteiger partial charge on any atom is -0.497 e. The van der Waals surface area contributed by atoms with Gasteiger partial charge in [-0.05, 0) is 66.0 Å². The zero-order valence-electron chi connectivity index (χ0n) is 18.8. The van der Waals surface area contributed by atoms with Gasteiger partial charge in [-0.1, -0.05) is 25.9 Å². The molecule has 1 aliphatic rings. The van der Waals surface area contributed by atoms with Gasteiger partial charge in [0.1, 0.15) is 16.9 Å². The average Bonchev–Trinajstić information content (AvgIpc) is 3.36. The van der Waals surface area contributed by atoms with Gasteiger partial charge in [0.05, 0.1) is 18.7 Å². The molecule has 0 fully saturated rings. The molecule has 4 aromatic rings. The molecule has 3 heterocycles. The Kier molecular flexibility index (Phi) is 5.33. The minimum absolute atomic E-state index is 0.203. The molecule has 32 heavy (non-hydrogen) atoms. The maximum absolute atomic E-state index is 5.45. The van der Waals surface area contributed by atoms with Crippen molar-refractivity contribution >= 4 is 33.4 Å². The number of hydrogen-bond acceptors (Lipinski definition) is 7. The predicted octanol–water partition coefficient (Wildman–Crippen LogP) is 5.05. The van der Waals surface area contributed by atoms with Crippen LogP contribution in [-0.2, 0) is 24.3 Å². The van der Waals surface area contributed by atoms with E-state index >= 15 is 0 Å². The fourth-order valence-corrected chi connectivity index (χ4v) is 5.56. The van der Waals surface area contributed by atoms with E-state index in [2.05, 4.69) is 36.0 Å². The third-order valence-electron chi connectivity index (χ3n) is 6.24. The number of aryl methyl sites for hydroxylation is 1. The molecular weight excluding hydrogens is 422 g/mol. The third kappa shape index (κ3) is 3.95. The van der Waals surface area contributed by atoms with Crippen LogP contribution in [0.2, 0.25) is 0 Å². The van der Waals surface area contributed by atoms with Gasteiger partial charge in [0, 0.05) is 4.88 Å². The van der Waals surface area contributed by atoms with Crippen molar-refractivity contribution < 1.29 is 9.57 Å². The van der Waals surface area contributed by atoms with E-state index in [0.29, 0.717) is 17.2 Å². The summed E-state index contributed by atoms with van der Waals surface area (Å²) in [4.78, 5) is 17.4. The Labute approximate surface area is 191 Å². The molecule has 0 bridgehead atoms. The number of oxime groups is 1. The molecule has 1 aromatic carbocycles. The third-order valence-corrected chi connectivity index (χ3v) is 7.40. The van der Waals surface area contributed by atoms with E-state index in [1.54, 1.807) is 24.2 Å². The van der Waals surface area contributed by atoms with Crippen LogP contribution < -0.4 is 4.74 Å². The highest BCUT2D eigenvalue weighted by atomic mass is 32.1. The van der Waals surface area contributed by atoms with E-state index < -0.39 is 0 Å².